The van der Waals surface area contributed by atoms with Crippen LogP contribution >= 0.6 is 11.8 Å². The number of hydrogen-bond acceptors (Lipinski definition) is 7. The molecule has 0 unspecified atom stereocenters. The molecule has 152 valence electrons. The van der Waals surface area contributed by atoms with Crippen LogP contribution in [-0.4, -0.2) is 36.0 Å². The number of nitrogens with one attached hydrogen (secondary N) is 1. The van der Waals surface area contributed by atoms with E-state index in [1.54, 1.807) is 38.7 Å². The van der Waals surface area contributed by atoms with Gasteiger partial charge in [-0.25, -0.2) is 0 Å². The maximum absolute atomic E-state index is 12.5. The molecule has 8 heteroatoms. The maximum Gasteiger partial charge on any atom is 0.239 e. The van der Waals surface area contributed by atoms with E-state index in [4.69, 9.17) is 14.0 Å². The van der Waals surface area contributed by atoms with Gasteiger partial charge < -0.3 is 14.0 Å². The van der Waals surface area contributed by atoms with Crippen molar-refractivity contribution in [2.45, 2.75) is 4.90 Å². The summed E-state index contributed by atoms with van der Waals surface area (Å²) < 4.78 is 15.9. The molecule has 7 nitrogen and oxygen atoms in total. The lowest BCUT2D eigenvalue weighted by Crippen LogP contribution is -2.14. The summed E-state index contributed by atoms with van der Waals surface area (Å²) in [6.07, 6.45) is 3.30. The summed E-state index contributed by atoms with van der Waals surface area (Å²) >= 11 is 1.42. The number of hydrogen-bond donors (Lipinski definition) is 1. The Bertz CT molecular complexity index is 1190. The lowest BCUT2D eigenvalue weighted by Gasteiger charge is -2.09. The van der Waals surface area contributed by atoms with Crippen molar-refractivity contribution in [3.63, 3.8) is 0 Å². The highest BCUT2D eigenvalue weighted by Gasteiger charge is 2.16. The second kappa shape index (κ2) is 8.87. The van der Waals surface area contributed by atoms with Gasteiger partial charge in [-0.3, -0.25) is 15.1 Å². The minimum atomic E-state index is -0.202. The van der Waals surface area contributed by atoms with Gasteiger partial charge in [0.15, 0.2) is 11.5 Å². The molecule has 0 atom stereocenters. The molecule has 4 aromatic rings. The van der Waals surface area contributed by atoms with E-state index >= 15 is 0 Å². The van der Waals surface area contributed by atoms with Gasteiger partial charge in [0.2, 0.25) is 11.8 Å². The highest BCUT2D eigenvalue weighted by atomic mass is 32.2. The molecule has 0 spiro atoms. The van der Waals surface area contributed by atoms with Crippen LogP contribution in [0.3, 0.4) is 0 Å². The predicted molar refractivity (Wildman–Crippen MR) is 116 cm³/mol. The first kappa shape index (κ1) is 19.8. The third kappa shape index (κ3) is 4.08. The molecular formula is C22H19N3O4S. The van der Waals surface area contributed by atoms with Gasteiger partial charge >= 0.3 is 0 Å². The lowest BCUT2D eigenvalue weighted by atomic mass is 10.1. The molecule has 2 heterocycles. The van der Waals surface area contributed by atoms with Crippen molar-refractivity contribution in [3.8, 4) is 22.6 Å². The Hall–Kier alpha value is -3.52. The second-order valence-corrected chi connectivity index (χ2v) is 7.32. The van der Waals surface area contributed by atoms with Crippen LogP contribution in [0.5, 0.6) is 11.5 Å². The number of pyridine rings is 1. The fraction of sp³-hybridized carbons (Fsp3) is 0.136. The van der Waals surface area contributed by atoms with Gasteiger partial charge in [0.05, 0.1) is 37.2 Å². The van der Waals surface area contributed by atoms with Gasteiger partial charge in [0.25, 0.3) is 0 Å². The first-order valence-corrected chi connectivity index (χ1v) is 10.1. The second-order valence-electron chi connectivity index (χ2n) is 6.31. The van der Waals surface area contributed by atoms with E-state index in [0.717, 1.165) is 21.4 Å². The van der Waals surface area contributed by atoms with Crippen molar-refractivity contribution in [1.82, 2.24) is 10.1 Å². The van der Waals surface area contributed by atoms with E-state index in [1.165, 1.54) is 11.8 Å². The third-order valence-corrected chi connectivity index (χ3v) is 5.52. The van der Waals surface area contributed by atoms with Crippen LogP contribution in [0.15, 0.2) is 70.3 Å². The number of rotatable bonds is 7. The molecule has 30 heavy (non-hydrogen) atoms. The Morgan fingerprint density at radius 1 is 1.10 bits per heavy atom. The summed E-state index contributed by atoms with van der Waals surface area (Å²) in [4.78, 5) is 17.9. The Labute approximate surface area is 177 Å². The molecule has 0 aliphatic heterocycles. The van der Waals surface area contributed by atoms with Gasteiger partial charge in [0, 0.05) is 16.5 Å². The summed E-state index contributed by atoms with van der Waals surface area (Å²) in [6.45, 7) is 0. The molecule has 0 aliphatic carbocycles. The summed E-state index contributed by atoms with van der Waals surface area (Å²) in [5.41, 5.74) is 2.32. The summed E-state index contributed by atoms with van der Waals surface area (Å²) in [5.74, 6) is 1.48. The largest absolute Gasteiger partial charge is 0.493 e. The summed E-state index contributed by atoms with van der Waals surface area (Å²) in [7, 11) is 3.14. The van der Waals surface area contributed by atoms with E-state index in [-0.39, 0.29) is 17.5 Å². The molecule has 1 N–H and O–H groups in total. The topological polar surface area (TPSA) is 86.5 Å². The molecule has 2 aromatic heterocycles. The van der Waals surface area contributed by atoms with E-state index in [0.29, 0.717) is 17.1 Å². The Morgan fingerprint density at radius 2 is 1.93 bits per heavy atom. The van der Waals surface area contributed by atoms with Gasteiger partial charge in [-0.05, 0) is 29.8 Å². The van der Waals surface area contributed by atoms with Crippen LogP contribution in [-0.2, 0) is 4.79 Å². The van der Waals surface area contributed by atoms with Crippen LogP contribution in [0.2, 0.25) is 0 Å². The zero-order chi connectivity index (χ0) is 20.9. The van der Waals surface area contributed by atoms with Crippen molar-refractivity contribution < 1.29 is 18.8 Å². The number of methoxy groups -OCH3 is 2. The number of carbonyl (C=O) groups is 1. The number of amides is 1. The van der Waals surface area contributed by atoms with Crippen molar-refractivity contribution in [3.05, 3.63) is 60.9 Å². The number of aromatic nitrogens is 2. The predicted octanol–water partition coefficient (Wildman–Crippen LogP) is 4.64. The zero-order valence-electron chi connectivity index (χ0n) is 16.4. The van der Waals surface area contributed by atoms with Gasteiger partial charge in [0.1, 0.15) is 0 Å². The zero-order valence-corrected chi connectivity index (χ0v) is 17.2. The molecule has 0 saturated carbocycles. The molecule has 0 radical (unpaired) electrons. The average Bonchev–Trinajstić information content (AvgIpc) is 3.25. The number of fused-ring (bicyclic) bond motifs is 1. The first-order valence-electron chi connectivity index (χ1n) is 9.13. The number of thioether (sulfide) groups is 1. The van der Waals surface area contributed by atoms with E-state index < -0.39 is 0 Å². The van der Waals surface area contributed by atoms with E-state index in [2.05, 4.69) is 15.5 Å². The average molecular weight is 421 g/mol. The molecule has 0 bridgehead atoms. The Morgan fingerprint density at radius 3 is 2.77 bits per heavy atom. The molecular weight excluding hydrogens is 402 g/mol. The number of carbonyl (C=O) groups excluding carboxylic acids is 1. The van der Waals surface area contributed by atoms with Crippen molar-refractivity contribution in [2.24, 2.45) is 0 Å². The fourth-order valence-electron chi connectivity index (χ4n) is 3.04. The molecule has 2 aromatic carbocycles. The van der Waals surface area contributed by atoms with Crippen LogP contribution in [0.1, 0.15) is 0 Å². The van der Waals surface area contributed by atoms with Gasteiger partial charge in [-0.15, -0.1) is 11.8 Å². The smallest absolute Gasteiger partial charge is 0.239 e. The SMILES string of the molecule is COc1ccc(-c2cnoc2NC(=O)CSc2cccc3cccnc23)cc1OC. The van der Waals surface area contributed by atoms with Crippen LogP contribution in [0, 0.1) is 0 Å². The van der Waals surface area contributed by atoms with Crippen LogP contribution in [0.25, 0.3) is 22.0 Å². The van der Waals surface area contributed by atoms with Gasteiger partial charge in [-0.1, -0.05) is 29.4 Å². The minimum Gasteiger partial charge on any atom is -0.493 e. The number of benzene rings is 2. The molecule has 0 aliphatic rings. The third-order valence-electron chi connectivity index (χ3n) is 4.47. The standard InChI is InChI=1S/C22H19N3O4S/c1-27-17-9-8-15(11-18(17)28-2)16-12-24-29-22(16)25-20(26)13-30-19-7-3-5-14-6-4-10-23-21(14)19/h3-12H,13H2,1-2H3,(H,25,26). The van der Waals surface area contributed by atoms with Crippen LogP contribution < -0.4 is 14.8 Å². The van der Waals surface area contributed by atoms with Crippen molar-refractivity contribution in [1.29, 1.82) is 0 Å². The minimum absolute atomic E-state index is 0.202. The Kier molecular flexibility index (Phi) is 5.85. The summed E-state index contributed by atoms with van der Waals surface area (Å²) in [5, 5.41) is 7.66. The van der Waals surface area contributed by atoms with E-state index in [9.17, 15) is 4.79 Å². The lowest BCUT2D eigenvalue weighted by molar-refractivity contribution is -0.113. The van der Waals surface area contributed by atoms with E-state index in [1.807, 2.05) is 36.4 Å². The Balaban J connectivity index is 1.48. The number of para-hydroxylation sites is 1. The number of anilines is 1. The normalized spacial score (nSPS) is 10.7. The van der Waals surface area contributed by atoms with Crippen molar-refractivity contribution >= 4 is 34.5 Å². The van der Waals surface area contributed by atoms with Crippen LogP contribution in [0.4, 0.5) is 5.88 Å². The fourth-order valence-corrected chi connectivity index (χ4v) is 3.88. The molecule has 0 fully saturated rings. The highest BCUT2D eigenvalue weighted by Crippen LogP contribution is 2.35. The molecule has 1 amide bonds. The van der Waals surface area contributed by atoms with Gasteiger partial charge in [-0.2, -0.15) is 0 Å². The number of ether oxygens (including phenoxy) is 2. The first-order chi connectivity index (χ1) is 14.7. The summed E-state index contributed by atoms with van der Waals surface area (Å²) in [6, 6.07) is 15.2. The quantitative estimate of drug-likeness (QED) is 0.435. The maximum atomic E-state index is 12.5. The monoisotopic (exact) mass is 421 g/mol. The highest BCUT2D eigenvalue weighted by molar-refractivity contribution is 8.00. The van der Waals surface area contributed by atoms with Crippen molar-refractivity contribution in [2.75, 3.05) is 25.3 Å². The molecule has 4 rings (SSSR count). The molecule has 0 saturated heterocycles. The number of nitrogens with zero attached hydrogens (tertiary/aromatic N) is 2.